The fourth-order valence-corrected chi connectivity index (χ4v) is 9.31. The van der Waals surface area contributed by atoms with Crippen LogP contribution in [-0.2, 0) is 5.41 Å². The van der Waals surface area contributed by atoms with E-state index >= 15 is 0 Å². The summed E-state index contributed by atoms with van der Waals surface area (Å²) in [4.78, 5) is 0.568. The second-order valence-electron chi connectivity index (χ2n) is 15.7. The molecule has 1 aromatic heterocycles. The van der Waals surface area contributed by atoms with Crippen LogP contribution in [0.5, 0.6) is 0 Å². The molecule has 13 aromatic rings. The molecule has 0 radical (unpaired) electrons. The first-order valence-electron chi connectivity index (χ1n) is 37.6. The summed E-state index contributed by atoms with van der Waals surface area (Å²) in [5, 5.41) is -3.43. The number of fused-ring (bicyclic) bond motifs is 10. The summed E-state index contributed by atoms with van der Waals surface area (Å²) in [5.74, 6) is 0. The zero-order valence-electron chi connectivity index (χ0n) is 68.1. The van der Waals surface area contributed by atoms with E-state index < -0.39 is 298 Å². The Morgan fingerprint density at radius 1 is 0.377 bits per heavy atom. The van der Waals surface area contributed by atoms with Crippen molar-refractivity contribution in [1.82, 2.24) is 0 Å². The molecule has 2 nitrogen and oxygen atoms in total. The number of para-hydroxylation sites is 1. The van der Waals surface area contributed by atoms with Crippen molar-refractivity contribution >= 4 is 71.3 Å². The molecule has 1 aliphatic carbocycles. The zero-order valence-corrected chi connectivity index (χ0v) is 35.1. The highest BCUT2D eigenvalue weighted by Crippen LogP contribution is 2.57. The van der Waals surface area contributed by atoms with Crippen LogP contribution in [0.15, 0.2) is 264 Å². The average Bonchev–Trinajstić information content (AvgIpc) is 1.46. The molecule has 1 heterocycles. The molecule has 1 aliphatic rings. The molecule has 0 saturated heterocycles. The minimum absolute atomic E-state index is 0.00753. The van der Waals surface area contributed by atoms with Gasteiger partial charge in [0.15, 0.2) is 0 Å². The third-order valence-corrected chi connectivity index (χ3v) is 12.2. The molecule has 322 valence electrons. The lowest BCUT2D eigenvalue weighted by Gasteiger charge is -2.35. The molecule has 0 bridgehead atoms. The predicted molar refractivity (Wildman–Crippen MR) is 289 cm³/mol. The lowest BCUT2D eigenvalue weighted by Crippen LogP contribution is -2.28. The minimum Gasteiger partial charge on any atom is -0.456 e. The third-order valence-electron chi connectivity index (χ3n) is 12.2. The number of furan rings is 1. The number of hydrogen-bond donors (Lipinski definition) is 0. The molecule has 0 saturated carbocycles. The standard InChI is InChI=1S/C67H43NO/c1-3-20-47(21-4-1)67(48-22-5-2-6-23-48)60-31-15-13-27-55(60)56-41-39-50(43-61(56)67)68(62-42-46-19-8-9-24-51(46)54-26-11-12-28-57(54)62)49-37-34-45(35-38-49)53-40-36-44-18-7-10-25-52(44)65(53)59-30-17-33-64-66(59)58-29-14-16-32-63(58)69-64/h1-43H/i1D,3D,4D,7D,10D,11D,12D,13D,14D,15D,17D,18D,19D,20D,21D,22D,23D,24D,26D,27D,28D,30D,31D,33D,34D,35D,36D,37D,39D,40D,41D,42D,43D. The van der Waals surface area contributed by atoms with Crippen LogP contribution >= 0.6 is 0 Å². The van der Waals surface area contributed by atoms with Crippen LogP contribution in [0.3, 0.4) is 0 Å². The Balaban J connectivity index is 1.24. The lowest BCUT2D eigenvalue weighted by atomic mass is 9.67. The number of hydrogen-bond acceptors (Lipinski definition) is 2. The molecular formula is C67H43NO. The first-order valence-corrected chi connectivity index (χ1v) is 21.1. The van der Waals surface area contributed by atoms with E-state index in [0.717, 1.165) is 36.4 Å². The fraction of sp³-hybridized carbons (Fsp3) is 0.0149. The highest BCUT2D eigenvalue weighted by atomic mass is 16.3. The molecule has 0 spiro atoms. The van der Waals surface area contributed by atoms with Gasteiger partial charge in [-0.3, -0.25) is 0 Å². The van der Waals surface area contributed by atoms with Gasteiger partial charge in [0.1, 0.15) is 11.2 Å². The average molecular weight is 911 g/mol. The van der Waals surface area contributed by atoms with Crippen LogP contribution in [0.4, 0.5) is 17.1 Å². The van der Waals surface area contributed by atoms with E-state index in [-0.39, 0.29) is 33.4 Å². The highest BCUT2D eigenvalue weighted by Gasteiger charge is 2.46. The van der Waals surface area contributed by atoms with Crippen molar-refractivity contribution in [2.24, 2.45) is 0 Å². The molecule has 0 aliphatic heterocycles. The summed E-state index contributed by atoms with van der Waals surface area (Å²) in [6, 6.07) is -19.4. The third kappa shape index (κ3) is 5.92. The van der Waals surface area contributed by atoms with Crippen LogP contribution in [0.2, 0.25) is 0 Å². The predicted octanol–water partition coefficient (Wildman–Crippen LogP) is 18.2. The van der Waals surface area contributed by atoms with Crippen LogP contribution in [0, 0.1) is 0 Å². The van der Waals surface area contributed by atoms with Gasteiger partial charge in [0, 0.05) is 27.5 Å². The first-order chi connectivity index (χ1) is 47.9. The summed E-state index contributed by atoms with van der Waals surface area (Å²) in [6.45, 7) is 0. The van der Waals surface area contributed by atoms with Gasteiger partial charge in [-0.2, -0.15) is 0 Å². The molecule has 2 heteroatoms. The van der Waals surface area contributed by atoms with Crippen molar-refractivity contribution in [2.75, 3.05) is 4.90 Å². The van der Waals surface area contributed by atoms with Gasteiger partial charge in [-0.1, -0.05) is 218 Å². The summed E-state index contributed by atoms with van der Waals surface area (Å²) >= 11 is 0. The van der Waals surface area contributed by atoms with Crippen molar-refractivity contribution in [3.05, 3.63) is 282 Å². The van der Waals surface area contributed by atoms with Crippen LogP contribution in [0.25, 0.3) is 87.6 Å². The molecule has 0 amide bonds. The molecule has 14 rings (SSSR count). The fourth-order valence-electron chi connectivity index (χ4n) is 9.31. The summed E-state index contributed by atoms with van der Waals surface area (Å²) in [5.41, 5.74) is -14.0. The number of rotatable bonds is 7. The number of nitrogens with zero attached hydrogens (tertiary/aromatic N) is 1. The quantitative estimate of drug-likeness (QED) is 0.148. The molecular weight excluding hydrogens is 835 g/mol. The molecule has 69 heavy (non-hydrogen) atoms. The Labute approximate surface area is 447 Å². The Hall–Kier alpha value is -8.98. The van der Waals surface area contributed by atoms with Crippen molar-refractivity contribution in [3.8, 4) is 33.4 Å². The molecule has 12 aromatic carbocycles. The SMILES string of the molecule is [2H]c1ccc2oc3c([2H])c([2H])c([2H])c(-c4c(-c5c([2H])cc(N(c6c([2H])c([2H])c7c(c6[2H])C(c6c([2H])cccc6[2H])(c6c([2H])c([2H])c([2H])c([2H])c6[2H])c6c([2H])c([2H])c([2H])c([2H])c6-7)c6c([2H])c7c([2H])ccc([2H])c7c7c([2H])c([2H])c([2H])c([2H])c67)c([2H])c5[2H])c([2H])c([2H])c5c([2H])c([2H])c([2H])cc45)c3c2c1. The van der Waals surface area contributed by atoms with Gasteiger partial charge >= 0.3 is 0 Å². The summed E-state index contributed by atoms with van der Waals surface area (Å²) in [6.07, 6.45) is 0. The van der Waals surface area contributed by atoms with E-state index in [1.165, 1.54) is 24.3 Å². The van der Waals surface area contributed by atoms with Crippen molar-refractivity contribution in [3.63, 3.8) is 0 Å². The lowest BCUT2D eigenvalue weighted by molar-refractivity contribution is 0.669. The Bertz CT molecular complexity index is 6090. The maximum Gasteiger partial charge on any atom is 0.136 e. The van der Waals surface area contributed by atoms with Gasteiger partial charge in [-0.05, 0) is 125 Å². The summed E-state index contributed by atoms with van der Waals surface area (Å²) < 4.78 is 321. The van der Waals surface area contributed by atoms with Gasteiger partial charge in [0.05, 0.1) is 56.3 Å². The first kappa shape index (κ1) is 18.6. The van der Waals surface area contributed by atoms with Crippen LogP contribution in [0.1, 0.15) is 67.5 Å². The van der Waals surface area contributed by atoms with Crippen LogP contribution < -0.4 is 4.90 Å². The topological polar surface area (TPSA) is 16.4 Å². The maximum absolute atomic E-state index is 11.0. The zero-order chi connectivity index (χ0) is 74.2. The molecule has 0 fully saturated rings. The monoisotopic (exact) mass is 911 g/mol. The highest BCUT2D eigenvalue weighted by molar-refractivity contribution is 6.18. The smallest absolute Gasteiger partial charge is 0.136 e. The maximum atomic E-state index is 11.0. The number of anilines is 3. The van der Waals surface area contributed by atoms with Gasteiger partial charge < -0.3 is 9.32 Å². The normalized spacial score (nSPS) is 20.8. The second-order valence-corrected chi connectivity index (χ2v) is 15.7. The van der Waals surface area contributed by atoms with Gasteiger partial charge in [-0.15, -0.1) is 0 Å². The minimum atomic E-state index is -3.17. The van der Waals surface area contributed by atoms with Crippen molar-refractivity contribution < 1.29 is 49.7 Å². The number of benzene rings is 12. The Morgan fingerprint density at radius 3 is 2.04 bits per heavy atom. The van der Waals surface area contributed by atoms with E-state index in [1.807, 2.05) is 0 Å². The molecule has 1 unspecified atom stereocenters. The van der Waals surface area contributed by atoms with Gasteiger partial charge in [0.2, 0.25) is 0 Å². The molecule has 1 atom stereocenters. The van der Waals surface area contributed by atoms with E-state index in [9.17, 15) is 27.4 Å². The van der Waals surface area contributed by atoms with E-state index in [4.69, 9.17) is 22.2 Å². The van der Waals surface area contributed by atoms with Crippen molar-refractivity contribution in [1.29, 1.82) is 0 Å². The Kier molecular flexibility index (Phi) is 4.19. The van der Waals surface area contributed by atoms with E-state index in [0.29, 0.717) is 4.90 Å². The Morgan fingerprint density at radius 2 is 1.12 bits per heavy atom. The van der Waals surface area contributed by atoms with Gasteiger partial charge in [0.25, 0.3) is 0 Å². The summed E-state index contributed by atoms with van der Waals surface area (Å²) in [7, 11) is 0. The van der Waals surface area contributed by atoms with E-state index in [2.05, 4.69) is 0 Å². The van der Waals surface area contributed by atoms with E-state index in [1.54, 1.807) is 0 Å². The molecule has 0 N–H and O–H groups in total. The largest absolute Gasteiger partial charge is 0.456 e. The second kappa shape index (κ2) is 15.6. The van der Waals surface area contributed by atoms with Crippen LogP contribution in [-0.4, -0.2) is 0 Å². The van der Waals surface area contributed by atoms with Crippen molar-refractivity contribution in [2.45, 2.75) is 5.41 Å². The van der Waals surface area contributed by atoms with Gasteiger partial charge in [-0.25, -0.2) is 0 Å².